The monoisotopic (exact) mass is 285 g/mol. The van der Waals surface area contributed by atoms with Gasteiger partial charge in [-0.1, -0.05) is 0 Å². The van der Waals surface area contributed by atoms with E-state index in [9.17, 15) is 0 Å². The maximum Gasteiger partial charge on any atom is 0.172 e. The van der Waals surface area contributed by atoms with Gasteiger partial charge in [-0.3, -0.25) is 4.40 Å². The summed E-state index contributed by atoms with van der Waals surface area (Å²) in [5.41, 5.74) is 10.5. The first-order chi connectivity index (χ1) is 9.74. The highest BCUT2D eigenvalue weighted by Crippen LogP contribution is 2.41. The van der Waals surface area contributed by atoms with E-state index < -0.39 is 0 Å². The highest BCUT2D eigenvalue weighted by Gasteiger charge is 2.23. The van der Waals surface area contributed by atoms with Gasteiger partial charge in [0, 0.05) is 16.6 Å². The molecule has 0 spiro atoms. The van der Waals surface area contributed by atoms with Gasteiger partial charge in [0.25, 0.3) is 0 Å². The number of aromatic nitrogens is 4. The molecule has 0 amide bonds. The van der Waals surface area contributed by atoms with Gasteiger partial charge in [-0.2, -0.15) is 0 Å². The maximum absolute atomic E-state index is 6.25. The molecule has 6 heteroatoms. The van der Waals surface area contributed by atoms with Gasteiger partial charge in [-0.05, 0) is 38.2 Å². The van der Waals surface area contributed by atoms with Crippen LogP contribution in [0, 0.1) is 6.92 Å². The van der Waals surface area contributed by atoms with Crippen LogP contribution in [0.15, 0.2) is 12.4 Å². The molecule has 0 atom stereocenters. The highest BCUT2D eigenvalue weighted by atomic mass is 32.1. The van der Waals surface area contributed by atoms with E-state index in [0.717, 1.165) is 40.6 Å². The third-order valence-corrected chi connectivity index (χ3v) is 4.98. The molecule has 0 saturated heterocycles. The molecule has 4 rings (SSSR count). The molecule has 102 valence electrons. The van der Waals surface area contributed by atoms with E-state index in [2.05, 4.69) is 15.2 Å². The van der Waals surface area contributed by atoms with E-state index in [-0.39, 0.29) is 0 Å². The molecule has 1 aliphatic rings. The molecule has 3 aromatic heterocycles. The minimum Gasteiger partial charge on any atom is -0.390 e. The lowest BCUT2D eigenvalue weighted by Gasteiger charge is -2.11. The lowest BCUT2D eigenvalue weighted by Crippen LogP contribution is -2.01. The Balaban J connectivity index is 1.97. The summed E-state index contributed by atoms with van der Waals surface area (Å²) in [6.45, 7) is 1.95. The van der Waals surface area contributed by atoms with Crippen LogP contribution >= 0.6 is 11.3 Å². The Bertz CT molecular complexity index is 801. The van der Waals surface area contributed by atoms with Crippen molar-refractivity contribution in [1.82, 2.24) is 19.6 Å². The van der Waals surface area contributed by atoms with Crippen molar-refractivity contribution in [3.8, 4) is 11.4 Å². The Morgan fingerprint density at radius 3 is 3.00 bits per heavy atom. The van der Waals surface area contributed by atoms with Crippen LogP contribution in [0.25, 0.3) is 17.0 Å². The van der Waals surface area contributed by atoms with E-state index in [1.165, 1.54) is 23.3 Å². The number of aryl methyl sites for hydroxylation is 2. The van der Waals surface area contributed by atoms with Gasteiger partial charge in [0.1, 0.15) is 6.33 Å². The molecule has 0 bridgehead atoms. The van der Waals surface area contributed by atoms with Crippen molar-refractivity contribution in [2.45, 2.75) is 32.6 Å². The fraction of sp³-hybridized carbons (Fsp3) is 0.357. The van der Waals surface area contributed by atoms with Crippen LogP contribution in [0.5, 0.6) is 0 Å². The minimum atomic E-state index is 0.822. The average molecular weight is 285 g/mol. The summed E-state index contributed by atoms with van der Waals surface area (Å²) in [6.07, 6.45) is 6.50. The molecule has 3 heterocycles. The van der Waals surface area contributed by atoms with Crippen molar-refractivity contribution in [3.05, 3.63) is 28.5 Å². The molecule has 0 unspecified atom stereocenters. The van der Waals surface area contributed by atoms with Crippen molar-refractivity contribution in [3.63, 3.8) is 0 Å². The third-order valence-electron chi connectivity index (χ3n) is 3.86. The standard InChI is InChI=1S/C14H15N5S/c1-8-6-11-17-18-14(19(11)7-16-8)12-9-4-2-3-5-10(9)20-13(12)15/h6-7H,2-5,15H2,1H3. The van der Waals surface area contributed by atoms with E-state index >= 15 is 0 Å². The summed E-state index contributed by atoms with van der Waals surface area (Å²) in [5.74, 6) is 0.824. The summed E-state index contributed by atoms with van der Waals surface area (Å²) in [6, 6.07) is 1.94. The average Bonchev–Trinajstić information content (AvgIpc) is 2.97. The number of rotatable bonds is 1. The van der Waals surface area contributed by atoms with Crippen LogP contribution in [0.4, 0.5) is 5.00 Å². The predicted molar refractivity (Wildman–Crippen MR) is 79.9 cm³/mol. The number of fused-ring (bicyclic) bond motifs is 2. The molecule has 5 nitrogen and oxygen atoms in total. The molecule has 0 aliphatic heterocycles. The summed E-state index contributed by atoms with van der Waals surface area (Å²) >= 11 is 1.70. The van der Waals surface area contributed by atoms with E-state index in [1.54, 1.807) is 17.7 Å². The first-order valence-electron chi connectivity index (χ1n) is 6.82. The molecular formula is C14H15N5S. The second kappa shape index (κ2) is 4.28. The summed E-state index contributed by atoms with van der Waals surface area (Å²) in [7, 11) is 0. The number of nitrogens with two attached hydrogens (primary N) is 1. The fourth-order valence-corrected chi connectivity index (χ4v) is 4.05. The fourth-order valence-electron chi connectivity index (χ4n) is 2.89. The Morgan fingerprint density at radius 1 is 1.25 bits per heavy atom. The van der Waals surface area contributed by atoms with Crippen LogP contribution < -0.4 is 5.73 Å². The molecule has 0 radical (unpaired) electrons. The summed E-state index contributed by atoms with van der Waals surface area (Å²) < 4.78 is 1.93. The second-order valence-electron chi connectivity index (χ2n) is 5.23. The Morgan fingerprint density at radius 2 is 2.10 bits per heavy atom. The molecule has 1 aliphatic carbocycles. The lowest BCUT2D eigenvalue weighted by molar-refractivity contribution is 0.697. The Labute approximate surface area is 120 Å². The van der Waals surface area contributed by atoms with Crippen molar-refractivity contribution in [2.75, 3.05) is 5.73 Å². The molecule has 0 saturated carbocycles. The van der Waals surface area contributed by atoms with Gasteiger partial charge < -0.3 is 5.73 Å². The van der Waals surface area contributed by atoms with Crippen molar-refractivity contribution in [1.29, 1.82) is 0 Å². The van der Waals surface area contributed by atoms with Crippen LogP contribution in [0.1, 0.15) is 29.0 Å². The lowest BCUT2D eigenvalue weighted by atomic mass is 9.95. The number of nitrogen functional groups attached to an aromatic ring is 1. The van der Waals surface area contributed by atoms with Gasteiger partial charge in [0.05, 0.1) is 10.6 Å². The predicted octanol–water partition coefficient (Wildman–Crippen LogP) is 2.62. The topological polar surface area (TPSA) is 69.1 Å². The molecular weight excluding hydrogens is 270 g/mol. The molecule has 2 N–H and O–H groups in total. The zero-order valence-electron chi connectivity index (χ0n) is 11.3. The SMILES string of the molecule is Cc1cc2nnc(-c3c(N)sc4c3CCCC4)n2cn1. The highest BCUT2D eigenvalue weighted by molar-refractivity contribution is 7.16. The minimum absolute atomic E-state index is 0.822. The first-order valence-corrected chi connectivity index (χ1v) is 7.63. The zero-order valence-corrected chi connectivity index (χ0v) is 12.1. The van der Waals surface area contributed by atoms with Gasteiger partial charge in [0.2, 0.25) is 0 Å². The second-order valence-corrected chi connectivity index (χ2v) is 6.37. The summed E-state index contributed by atoms with van der Waals surface area (Å²) in [4.78, 5) is 5.75. The van der Waals surface area contributed by atoms with Crippen LogP contribution in [0.3, 0.4) is 0 Å². The van der Waals surface area contributed by atoms with Crippen LogP contribution in [-0.4, -0.2) is 19.6 Å². The number of anilines is 1. The Hall–Kier alpha value is -1.95. The third kappa shape index (κ3) is 1.64. The Kier molecular flexibility index (Phi) is 2.53. The molecule has 3 aromatic rings. The first kappa shape index (κ1) is 11.8. The normalized spacial score (nSPS) is 14.7. The number of hydrogen-bond donors (Lipinski definition) is 1. The number of hydrogen-bond acceptors (Lipinski definition) is 5. The maximum atomic E-state index is 6.25. The van der Waals surface area contributed by atoms with E-state index in [1.807, 2.05) is 17.4 Å². The van der Waals surface area contributed by atoms with Crippen LogP contribution in [0.2, 0.25) is 0 Å². The molecule has 20 heavy (non-hydrogen) atoms. The quantitative estimate of drug-likeness (QED) is 0.746. The van der Waals surface area contributed by atoms with Crippen molar-refractivity contribution in [2.24, 2.45) is 0 Å². The van der Waals surface area contributed by atoms with Crippen LogP contribution in [-0.2, 0) is 12.8 Å². The molecule has 0 aromatic carbocycles. The van der Waals surface area contributed by atoms with Gasteiger partial charge in [-0.15, -0.1) is 21.5 Å². The van der Waals surface area contributed by atoms with Gasteiger partial charge in [0.15, 0.2) is 11.5 Å². The number of thiophene rings is 1. The van der Waals surface area contributed by atoms with E-state index in [4.69, 9.17) is 5.73 Å². The van der Waals surface area contributed by atoms with Gasteiger partial charge in [-0.25, -0.2) is 4.98 Å². The zero-order chi connectivity index (χ0) is 13.7. The molecule has 0 fully saturated rings. The van der Waals surface area contributed by atoms with Gasteiger partial charge >= 0.3 is 0 Å². The largest absolute Gasteiger partial charge is 0.390 e. The van der Waals surface area contributed by atoms with Crippen molar-refractivity contribution >= 4 is 22.0 Å². The van der Waals surface area contributed by atoms with Crippen molar-refractivity contribution < 1.29 is 0 Å². The van der Waals surface area contributed by atoms with E-state index in [0.29, 0.717) is 0 Å². The number of nitrogens with zero attached hydrogens (tertiary/aromatic N) is 4. The smallest absolute Gasteiger partial charge is 0.172 e. The summed E-state index contributed by atoms with van der Waals surface area (Å²) in [5, 5.41) is 9.45.